The van der Waals surface area contributed by atoms with Crippen molar-refractivity contribution in [1.29, 1.82) is 0 Å². The lowest BCUT2D eigenvalue weighted by atomic mass is 10.2. The fraction of sp³-hybridized carbons (Fsp3) is 0.250. The number of anilines is 2. The molecule has 0 unspecified atom stereocenters. The molecule has 0 aliphatic heterocycles. The number of benzene rings is 1. The molecule has 0 bridgehead atoms. The van der Waals surface area contributed by atoms with Gasteiger partial charge in [-0.3, -0.25) is 14.8 Å². The molecular weight excluding hydrogens is 312 g/mol. The summed E-state index contributed by atoms with van der Waals surface area (Å²) in [4.78, 5) is 10.5. The molecule has 0 spiro atoms. The van der Waals surface area contributed by atoms with E-state index in [1.807, 2.05) is 20.2 Å². The van der Waals surface area contributed by atoms with E-state index in [4.69, 9.17) is 0 Å². The zero-order chi connectivity index (χ0) is 14.2. The quantitative estimate of drug-likeness (QED) is 0.693. The van der Waals surface area contributed by atoms with Crippen molar-refractivity contribution in [3.8, 4) is 0 Å². The van der Waals surface area contributed by atoms with Gasteiger partial charge in [-0.2, -0.15) is 5.10 Å². The minimum atomic E-state index is -0.390. The Hall–Kier alpha value is -1.89. The Morgan fingerprint density at radius 2 is 2.05 bits per heavy atom. The summed E-state index contributed by atoms with van der Waals surface area (Å²) in [6.07, 6.45) is 1.86. The molecule has 1 aromatic carbocycles. The number of nitro groups is 1. The second-order valence-corrected chi connectivity index (χ2v) is 5.16. The molecule has 0 saturated carbocycles. The van der Waals surface area contributed by atoms with E-state index in [1.54, 1.807) is 17.7 Å². The van der Waals surface area contributed by atoms with Gasteiger partial charge in [-0.15, -0.1) is 0 Å². The summed E-state index contributed by atoms with van der Waals surface area (Å²) in [6, 6.07) is 3.25. The van der Waals surface area contributed by atoms with E-state index in [-0.39, 0.29) is 10.6 Å². The van der Waals surface area contributed by atoms with E-state index in [0.717, 1.165) is 17.1 Å². The largest absolute Gasteiger partial charge is 0.352 e. The van der Waals surface area contributed by atoms with Gasteiger partial charge in [0.05, 0.1) is 22.0 Å². The molecule has 7 heteroatoms. The first-order valence-electron chi connectivity index (χ1n) is 5.60. The van der Waals surface area contributed by atoms with Crippen LogP contribution in [0.3, 0.4) is 0 Å². The van der Waals surface area contributed by atoms with E-state index >= 15 is 0 Å². The summed E-state index contributed by atoms with van der Waals surface area (Å²) in [7, 11) is 1.84. The zero-order valence-corrected chi connectivity index (χ0v) is 12.4. The van der Waals surface area contributed by atoms with Crippen molar-refractivity contribution < 1.29 is 4.92 Å². The average molecular weight is 325 g/mol. The highest BCUT2D eigenvalue weighted by atomic mass is 79.9. The second kappa shape index (κ2) is 5.00. The molecular formula is C12H13BrN4O2. The number of hydrogen-bond acceptors (Lipinski definition) is 4. The summed E-state index contributed by atoms with van der Waals surface area (Å²) in [5, 5.41) is 18.3. The molecule has 0 radical (unpaired) electrons. The summed E-state index contributed by atoms with van der Waals surface area (Å²) in [5.41, 5.74) is 3.22. The third kappa shape index (κ3) is 2.76. The number of rotatable bonds is 3. The van der Waals surface area contributed by atoms with Crippen LogP contribution < -0.4 is 5.32 Å². The van der Waals surface area contributed by atoms with Crippen molar-refractivity contribution in [2.24, 2.45) is 7.05 Å². The number of hydrogen-bond donors (Lipinski definition) is 1. The summed E-state index contributed by atoms with van der Waals surface area (Å²) < 4.78 is 2.36. The highest BCUT2D eigenvalue weighted by Gasteiger charge is 2.15. The number of nitro benzene ring substituents is 1. The highest BCUT2D eigenvalue weighted by molar-refractivity contribution is 9.10. The van der Waals surface area contributed by atoms with Crippen molar-refractivity contribution in [3.05, 3.63) is 44.2 Å². The third-order valence-electron chi connectivity index (χ3n) is 2.77. The lowest BCUT2D eigenvalue weighted by Gasteiger charge is -2.09. The molecule has 0 aliphatic carbocycles. The van der Waals surface area contributed by atoms with Crippen LogP contribution in [0.1, 0.15) is 11.3 Å². The van der Waals surface area contributed by atoms with Crippen LogP contribution in [0.4, 0.5) is 17.1 Å². The third-order valence-corrected chi connectivity index (χ3v) is 3.42. The summed E-state index contributed by atoms with van der Waals surface area (Å²) >= 11 is 3.34. The molecule has 1 N–H and O–H groups in total. The van der Waals surface area contributed by atoms with Gasteiger partial charge in [0, 0.05) is 29.3 Å². The topological polar surface area (TPSA) is 73.0 Å². The predicted octanol–water partition coefficient (Wildman–Crippen LogP) is 3.45. The van der Waals surface area contributed by atoms with Gasteiger partial charge < -0.3 is 5.32 Å². The van der Waals surface area contributed by atoms with Gasteiger partial charge in [0.2, 0.25) is 0 Å². The number of aryl methyl sites for hydroxylation is 3. The van der Waals surface area contributed by atoms with Crippen LogP contribution in [0.25, 0.3) is 0 Å². The second-order valence-electron chi connectivity index (χ2n) is 4.30. The smallest absolute Gasteiger partial charge is 0.273 e. The summed E-state index contributed by atoms with van der Waals surface area (Å²) in [6.45, 7) is 3.61. The normalized spacial score (nSPS) is 10.5. The van der Waals surface area contributed by atoms with E-state index in [0.29, 0.717) is 10.0 Å². The van der Waals surface area contributed by atoms with Crippen molar-refractivity contribution in [2.75, 3.05) is 5.32 Å². The molecule has 0 saturated heterocycles. The van der Waals surface area contributed by atoms with Crippen LogP contribution in [0, 0.1) is 24.0 Å². The Bertz CT molecular complexity index is 651. The molecule has 19 heavy (non-hydrogen) atoms. The molecule has 1 heterocycles. The molecule has 2 aromatic rings. The lowest BCUT2D eigenvalue weighted by molar-refractivity contribution is -0.385. The zero-order valence-electron chi connectivity index (χ0n) is 10.8. The van der Waals surface area contributed by atoms with Crippen LogP contribution in [0.5, 0.6) is 0 Å². The maximum atomic E-state index is 10.9. The summed E-state index contributed by atoms with van der Waals surface area (Å²) in [5.74, 6) is 0. The molecule has 2 rings (SSSR count). The Balaban J connectivity index is 2.39. The van der Waals surface area contributed by atoms with E-state index < -0.39 is 0 Å². The average Bonchev–Trinajstić information content (AvgIpc) is 2.61. The fourth-order valence-corrected chi connectivity index (χ4v) is 2.26. The van der Waals surface area contributed by atoms with E-state index in [9.17, 15) is 10.1 Å². The number of aromatic nitrogens is 2. The molecule has 0 amide bonds. The maximum absolute atomic E-state index is 10.9. The highest BCUT2D eigenvalue weighted by Crippen LogP contribution is 2.33. The Labute approximate surface area is 118 Å². The minimum Gasteiger partial charge on any atom is -0.352 e. The maximum Gasteiger partial charge on any atom is 0.273 e. The van der Waals surface area contributed by atoms with Crippen molar-refractivity contribution >= 4 is 33.0 Å². The van der Waals surface area contributed by atoms with Gasteiger partial charge in [-0.05, 0) is 35.8 Å². The van der Waals surface area contributed by atoms with Crippen molar-refractivity contribution in [1.82, 2.24) is 9.78 Å². The van der Waals surface area contributed by atoms with Crippen LogP contribution in [-0.4, -0.2) is 14.7 Å². The van der Waals surface area contributed by atoms with Gasteiger partial charge in [0.15, 0.2) is 0 Å². The van der Waals surface area contributed by atoms with E-state index in [2.05, 4.69) is 26.3 Å². The van der Waals surface area contributed by atoms with Crippen LogP contribution in [0.15, 0.2) is 22.8 Å². The van der Waals surface area contributed by atoms with Crippen molar-refractivity contribution in [2.45, 2.75) is 13.8 Å². The van der Waals surface area contributed by atoms with Crippen LogP contribution in [0.2, 0.25) is 0 Å². The fourth-order valence-electron chi connectivity index (χ4n) is 1.83. The first kappa shape index (κ1) is 13.5. The van der Waals surface area contributed by atoms with Crippen LogP contribution >= 0.6 is 15.9 Å². The lowest BCUT2D eigenvalue weighted by Crippen LogP contribution is -1.96. The molecule has 0 aliphatic rings. The Kier molecular flexibility index (Phi) is 3.57. The van der Waals surface area contributed by atoms with Crippen molar-refractivity contribution in [3.63, 3.8) is 0 Å². The van der Waals surface area contributed by atoms with Gasteiger partial charge in [-0.25, -0.2) is 0 Å². The van der Waals surface area contributed by atoms with Gasteiger partial charge in [-0.1, -0.05) is 0 Å². The van der Waals surface area contributed by atoms with Gasteiger partial charge in [0.1, 0.15) is 0 Å². The molecule has 0 fully saturated rings. The number of nitrogens with zero attached hydrogens (tertiary/aromatic N) is 3. The Morgan fingerprint density at radius 1 is 1.37 bits per heavy atom. The molecule has 6 nitrogen and oxygen atoms in total. The first-order valence-corrected chi connectivity index (χ1v) is 6.39. The first-order chi connectivity index (χ1) is 8.88. The van der Waals surface area contributed by atoms with Gasteiger partial charge in [0.25, 0.3) is 5.69 Å². The minimum absolute atomic E-state index is 0.0975. The Morgan fingerprint density at radius 3 is 2.58 bits per heavy atom. The predicted molar refractivity (Wildman–Crippen MR) is 76.8 cm³/mol. The number of nitrogens with one attached hydrogen (secondary N) is 1. The number of halogens is 1. The molecule has 1 aromatic heterocycles. The van der Waals surface area contributed by atoms with Gasteiger partial charge >= 0.3 is 0 Å². The monoisotopic (exact) mass is 324 g/mol. The van der Waals surface area contributed by atoms with E-state index in [1.165, 1.54) is 6.07 Å². The standard InChI is InChI=1S/C12H13BrN4O2/c1-7-4-10(9(13)5-12(7)17(18)19)14-11-6-16(3)15-8(11)2/h4-6,14H,1-3H3. The molecule has 0 atom stereocenters. The molecule has 100 valence electrons. The SMILES string of the molecule is Cc1cc(Nc2cn(C)nc2C)c(Br)cc1[N+](=O)[O-]. The van der Waals surface area contributed by atoms with Crippen LogP contribution in [-0.2, 0) is 7.05 Å².